The van der Waals surface area contributed by atoms with Gasteiger partial charge in [0.2, 0.25) is 0 Å². The predicted octanol–water partition coefficient (Wildman–Crippen LogP) is 4.51. The van der Waals surface area contributed by atoms with E-state index in [0.717, 1.165) is 35.8 Å². The number of nitrogens with two attached hydrogens (primary N) is 1. The lowest BCUT2D eigenvalue weighted by molar-refractivity contribution is 0.214. The summed E-state index contributed by atoms with van der Waals surface area (Å²) in [6.45, 7) is 6.57. The van der Waals surface area contributed by atoms with Crippen molar-refractivity contribution in [3.8, 4) is 5.75 Å². The van der Waals surface area contributed by atoms with Gasteiger partial charge >= 0.3 is 0 Å². The van der Waals surface area contributed by atoms with Crippen LogP contribution in [-0.4, -0.2) is 35.6 Å². The van der Waals surface area contributed by atoms with Crippen molar-refractivity contribution in [2.24, 2.45) is 5.73 Å². The summed E-state index contributed by atoms with van der Waals surface area (Å²) in [5.41, 5.74) is 10.9. The first-order valence-electron chi connectivity index (χ1n) is 9.57. The second-order valence-electron chi connectivity index (χ2n) is 7.42. The lowest BCUT2D eigenvalue weighted by atomic mass is 9.92. The Hall–Kier alpha value is -2.01. The number of halogens is 1. The Labute approximate surface area is 165 Å². The van der Waals surface area contributed by atoms with Gasteiger partial charge in [-0.2, -0.15) is 0 Å². The highest BCUT2D eigenvalue weighted by molar-refractivity contribution is 6.31. The average molecular weight is 384 g/mol. The minimum absolute atomic E-state index is 0.138. The molecule has 4 nitrogen and oxygen atoms in total. The van der Waals surface area contributed by atoms with Crippen LogP contribution in [0.5, 0.6) is 5.75 Å². The number of hydrogen-bond acceptors (Lipinski definition) is 3. The van der Waals surface area contributed by atoms with Crippen LogP contribution in [0, 0.1) is 0 Å². The van der Waals surface area contributed by atoms with E-state index in [4.69, 9.17) is 22.1 Å². The SMILES string of the molecule is CC(C)Oc1cccc(C2c3[nH]c4ccc(Cl)cc4c3CCN2CCN)c1. The number of ether oxygens (including phenoxy) is 1. The second-order valence-corrected chi connectivity index (χ2v) is 7.86. The lowest BCUT2D eigenvalue weighted by Gasteiger charge is -2.36. The Morgan fingerprint density at radius 3 is 2.89 bits per heavy atom. The van der Waals surface area contributed by atoms with E-state index in [1.54, 1.807) is 0 Å². The summed E-state index contributed by atoms with van der Waals surface area (Å²) in [6, 6.07) is 14.6. The standard InChI is InChI=1S/C22H26ClN3O/c1-14(2)27-17-5-3-4-15(12-17)22-21-18(8-10-26(22)11-9-24)19-13-16(23)6-7-20(19)25-21/h3-7,12-14,22,25H,8-11,24H2,1-2H3. The van der Waals surface area contributed by atoms with E-state index in [2.05, 4.69) is 40.2 Å². The Morgan fingerprint density at radius 2 is 2.11 bits per heavy atom. The molecule has 1 aliphatic rings. The molecule has 0 saturated heterocycles. The predicted molar refractivity (Wildman–Crippen MR) is 112 cm³/mol. The van der Waals surface area contributed by atoms with E-state index in [1.165, 1.54) is 22.2 Å². The molecule has 2 heterocycles. The molecule has 3 N–H and O–H groups in total. The van der Waals surface area contributed by atoms with Crippen LogP contribution in [0.2, 0.25) is 5.02 Å². The number of hydrogen-bond donors (Lipinski definition) is 2. The third kappa shape index (κ3) is 3.57. The molecule has 4 rings (SSSR count). The van der Waals surface area contributed by atoms with Gasteiger partial charge in [0.1, 0.15) is 5.75 Å². The van der Waals surface area contributed by atoms with Gasteiger partial charge in [0.15, 0.2) is 0 Å². The summed E-state index contributed by atoms with van der Waals surface area (Å²) in [5, 5.41) is 2.00. The first-order valence-corrected chi connectivity index (χ1v) is 9.95. The number of aromatic nitrogens is 1. The van der Waals surface area contributed by atoms with Crippen LogP contribution < -0.4 is 10.5 Å². The topological polar surface area (TPSA) is 54.3 Å². The quantitative estimate of drug-likeness (QED) is 0.681. The summed E-state index contributed by atoms with van der Waals surface area (Å²) in [7, 11) is 0. The molecule has 0 bridgehead atoms. The highest BCUT2D eigenvalue weighted by atomic mass is 35.5. The van der Waals surface area contributed by atoms with Crippen LogP contribution in [-0.2, 0) is 6.42 Å². The Balaban J connectivity index is 1.83. The van der Waals surface area contributed by atoms with Crippen molar-refractivity contribution in [1.29, 1.82) is 0 Å². The monoisotopic (exact) mass is 383 g/mol. The van der Waals surface area contributed by atoms with Crippen molar-refractivity contribution < 1.29 is 4.74 Å². The van der Waals surface area contributed by atoms with E-state index in [1.807, 2.05) is 26.0 Å². The Kier molecular flexibility index (Phi) is 5.13. The molecule has 0 amide bonds. The number of nitrogens with one attached hydrogen (secondary N) is 1. The molecular formula is C22H26ClN3O. The van der Waals surface area contributed by atoms with Gasteiger partial charge in [0.25, 0.3) is 0 Å². The summed E-state index contributed by atoms with van der Waals surface area (Å²) in [6.07, 6.45) is 1.14. The van der Waals surface area contributed by atoms with E-state index in [0.29, 0.717) is 6.54 Å². The van der Waals surface area contributed by atoms with Crippen molar-refractivity contribution in [1.82, 2.24) is 9.88 Å². The number of rotatable bonds is 5. The fourth-order valence-electron chi connectivity index (χ4n) is 4.12. The molecule has 0 radical (unpaired) electrons. The van der Waals surface area contributed by atoms with Gasteiger partial charge in [0, 0.05) is 41.3 Å². The second kappa shape index (κ2) is 7.55. The number of H-pyrrole nitrogens is 1. The van der Waals surface area contributed by atoms with Crippen LogP contribution in [0.1, 0.15) is 36.7 Å². The van der Waals surface area contributed by atoms with E-state index in [9.17, 15) is 0 Å². The van der Waals surface area contributed by atoms with Crippen molar-refractivity contribution in [2.45, 2.75) is 32.4 Å². The Bertz CT molecular complexity index is 950. The van der Waals surface area contributed by atoms with Gasteiger partial charge in [-0.05, 0) is 61.7 Å². The maximum absolute atomic E-state index is 6.26. The van der Waals surface area contributed by atoms with Gasteiger partial charge in [-0.3, -0.25) is 4.90 Å². The van der Waals surface area contributed by atoms with Gasteiger partial charge < -0.3 is 15.5 Å². The lowest BCUT2D eigenvalue weighted by Crippen LogP contribution is -2.39. The maximum atomic E-state index is 6.26. The summed E-state index contributed by atoms with van der Waals surface area (Å²) in [5.74, 6) is 0.904. The highest BCUT2D eigenvalue weighted by Gasteiger charge is 2.31. The van der Waals surface area contributed by atoms with Crippen LogP contribution in [0.4, 0.5) is 0 Å². The molecule has 0 saturated carbocycles. The van der Waals surface area contributed by atoms with Crippen molar-refractivity contribution in [2.75, 3.05) is 19.6 Å². The highest BCUT2D eigenvalue weighted by Crippen LogP contribution is 2.39. The average Bonchev–Trinajstić information content (AvgIpc) is 2.99. The maximum Gasteiger partial charge on any atom is 0.120 e. The van der Waals surface area contributed by atoms with Gasteiger partial charge in [-0.15, -0.1) is 0 Å². The van der Waals surface area contributed by atoms with E-state index < -0.39 is 0 Å². The number of nitrogens with zero attached hydrogens (tertiary/aromatic N) is 1. The molecule has 1 aromatic heterocycles. The number of aromatic amines is 1. The molecule has 1 unspecified atom stereocenters. The molecule has 2 aromatic carbocycles. The zero-order valence-electron chi connectivity index (χ0n) is 15.8. The third-order valence-electron chi connectivity index (χ3n) is 5.15. The Morgan fingerprint density at radius 1 is 1.26 bits per heavy atom. The minimum Gasteiger partial charge on any atom is -0.491 e. The number of fused-ring (bicyclic) bond motifs is 3. The molecule has 5 heteroatoms. The van der Waals surface area contributed by atoms with E-state index in [-0.39, 0.29) is 12.1 Å². The largest absolute Gasteiger partial charge is 0.491 e. The minimum atomic E-state index is 0.138. The zero-order chi connectivity index (χ0) is 19.0. The molecule has 3 aromatic rings. The molecule has 0 spiro atoms. The van der Waals surface area contributed by atoms with Gasteiger partial charge in [-0.25, -0.2) is 0 Å². The van der Waals surface area contributed by atoms with Gasteiger partial charge in [0.05, 0.1) is 12.1 Å². The zero-order valence-corrected chi connectivity index (χ0v) is 16.6. The van der Waals surface area contributed by atoms with Crippen LogP contribution in [0.3, 0.4) is 0 Å². The fraction of sp³-hybridized carbons (Fsp3) is 0.364. The number of benzene rings is 2. The summed E-state index contributed by atoms with van der Waals surface area (Å²) >= 11 is 6.26. The molecule has 1 aliphatic heterocycles. The fourth-order valence-corrected chi connectivity index (χ4v) is 4.30. The van der Waals surface area contributed by atoms with Crippen molar-refractivity contribution in [3.63, 3.8) is 0 Å². The molecule has 0 fully saturated rings. The van der Waals surface area contributed by atoms with Gasteiger partial charge in [-0.1, -0.05) is 23.7 Å². The first kappa shape index (κ1) is 18.4. The molecule has 1 atom stereocenters. The molecule has 142 valence electrons. The van der Waals surface area contributed by atoms with Crippen LogP contribution in [0.25, 0.3) is 10.9 Å². The third-order valence-corrected chi connectivity index (χ3v) is 5.39. The van der Waals surface area contributed by atoms with E-state index >= 15 is 0 Å². The normalized spacial score (nSPS) is 17.4. The van der Waals surface area contributed by atoms with Crippen molar-refractivity contribution in [3.05, 3.63) is 64.3 Å². The first-order chi connectivity index (χ1) is 13.1. The van der Waals surface area contributed by atoms with Crippen LogP contribution in [0.15, 0.2) is 42.5 Å². The molecule has 27 heavy (non-hydrogen) atoms. The molecular weight excluding hydrogens is 358 g/mol. The summed E-state index contributed by atoms with van der Waals surface area (Å²) < 4.78 is 5.93. The van der Waals surface area contributed by atoms with Crippen molar-refractivity contribution >= 4 is 22.5 Å². The summed E-state index contributed by atoms with van der Waals surface area (Å²) in [4.78, 5) is 6.11. The van der Waals surface area contributed by atoms with Crippen LogP contribution >= 0.6 is 11.6 Å². The molecule has 0 aliphatic carbocycles. The smallest absolute Gasteiger partial charge is 0.120 e.